The van der Waals surface area contributed by atoms with Gasteiger partial charge in [0.1, 0.15) is 0 Å². The fourth-order valence-corrected chi connectivity index (χ4v) is 2.17. The maximum atomic E-state index is 11.7. The van der Waals surface area contributed by atoms with Crippen LogP contribution in [0.15, 0.2) is 36.7 Å². The van der Waals surface area contributed by atoms with E-state index in [9.17, 15) is 4.79 Å². The molecular formula is C14H12N2O. The van der Waals surface area contributed by atoms with E-state index in [2.05, 4.69) is 9.97 Å². The second-order valence-corrected chi connectivity index (χ2v) is 4.21. The maximum Gasteiger partial charge on any atom is 0.164 e. The van der Waals surface area contributed by atoms with Gasteiger partial charge in [-0.05, 0) is 37.1 Å². The third kappa shape index (κ3) is 1.84. The van der Waals surface area contributed by atoms with Gasteiger partial charge in [0.2, 0.25) is 0 Å². The molecule has 1 aliphatic rings. The fourth-order valence-electron chi connectivity index (χ4n) is 2.17. The predicted molar refractivity (Wildman–Crippen MR) is 64.7 cm³/mol. The van der Waals surface area contributed by atoms with Crippen LogP contribution in [0.4, 0.5) is 0 Å². The number of hydrogen-bond donors (Lipinski definition) is 0. The van der Waals surface area contributed by atoms with Crippen LogP contribution in [0.25, 0.3) is 11.3 Å². The zero-order chi connectivity index (χ0) is 11.7. The number of Topliss-reactive ketones (excluding diaryl/α,β-unsaturated/α-hetero) is 1. The van der Waals surface area contributed by atoms with E-state index >= 15 is 0 Å². The van der Waals surface area contributed by atoms with Gasteiger partial charge < -0.3 is 0 Å². The van der Waals surface area contributed by atoms with Crippen LogP contribution < -0.4 is 0 Å². The van der Waals surface area contributed by atoms with Crippen molar-refractivity contribution in [1.29, 1.82) is 0 Å². The molecule has 0 unspecified atom stereocenters. The molecule has 0 N–H and O–H groups in total. The molecule has 2 aromatic heterocycles. The lowest BCUT2D eigenvalue weighted by Gasteiger charge is -2.14. The molecule has 0 saturated heterocycles. The summed E-state index contributed by atoms with van der Waals surface area (Å²) in [5.41, 5.74) is 3.62. The summed E-state index contributed by atoms with van der Waals surface area (Å²) in [6.45, 7) is 0. The van der Waals surface area contributed by atoms with E-state index in [1.807, 2.05) is 24.3 Å². The van der Waals surface area contributed by atoms with Crippen molar-refractivity contribution in [2.45, 2.75) is 19.3 Å². The Hall–Kier alpha value is -2.03. The average molecular weight is 224 g/mol. The maximum absolute atomic E-state index is 11.7. The third-order valence-corrected chi connectivity index (χ3v) is 3.05. The number of aryl methyl sites for hydroxylation is 1. The first-order valence-corrected chi connectivity index (χ1v) is 5.78. The number of pyridine rings is 2. The lowest BCUT2D eigenvalue weighted by molar-refractivity contribution is 0.0971. The molecule has 0 spiro atoms. The van der Waals surface area contributed by atoms with Crippen molar-refractivity contribution in [1.82, 2.24) is 9.97 Å². The summed E-state index contributed by atoms with van der Waals surface area (Å²) in [6.07, 6.45) is 6.00. The van der Waals surface area contributed by atoms with Gasteiger partial charge >= 0.3 is 0 Å². The minimum Gasteiger partial charge on any atom is -0.294 e. The van der Waals surface area contributed by atoms with Crippen molar-refractivity contribution >= 4 is 5.78 Å². The van der Waals surface area contributed by atoms with Crippen LogP contribution in [0.1, 0.15) is 28.9 Å². The van der Waals surface area contributed by atoms with Crippen LogP contribution in [-0.2, 0) is 6.42 Å². The fraction of sp³-hybridized carbons (Fsp3) is 0.214. The Morgan fingerprint density at radius 3 is 2.88 bits per heavy atom. The molecule has 0 fully saturated rings. The molecular weight excluding hydrogens is 212 g/mol. The summed E-state index contributed by atoms with van der Waals surface area (Å²) in [6, 6.07) is 7.67. The van der Waals surface area contributed by atoms with Gasteiger partial charge in [-0.3, -0.25) is 14.8 Å². The van der Waals surface area contributed by atoms with E-state index in [0.717, 1.165) is 35.4 Å². The van der Waals surface area contributed by atoms with Crippen LogP contribution in [-0.4, -0.2) is 15.8 Å². The van der Waals surface area contributed by atoms with Gasteiger partial charge in [0.05, 0.1) is 11.4 Å². The predicted octanol–water partition coefficient (Wildman–Crippen LogP) is 2.66. The second kappa shape index (κ2) is 4.09. The molecule has 3 rings (SSSR count). The number of rotatable bonds is 1. The molecule has 0 amide bonds. The standard InChI is InChI=1S/C14H12N2O/c17-14-5-1-4-13-11(14)6-7-12(16-13)10-3-2-8-15-9-10/h2-3,6-9H,1,4-5H2. The molecule has 0 aliphatic heterocycles. The Morgan fingerprint density at radius 1 is 1.12 bits per heavy atom. The van der Waals surface area contributed by atoms with Crippen molar-refractivity contribution in [3.8, 4) is 11.3 Å². The zero-order valence-electron chi connectivity index (χ0n) is 9.39. The van der Waals surface area contributed by atoms with Gasteiger partial charge in [-0.15, -0.1) is 0 Å². The SMILES string of the molecule is O=C1CCCc2nc(-c3cccnc3)ccc21. The van der Waals surface area contributed by atoms with Crippen molar-refractivity contribution in [2.24, 2.45) is 0 Å². The minimum atomic E-state index is 0.219. The van der Waals surface area contributed by atoms with Gasteiger partial charge in [-0.1, -0.05) is 0 Å². The van der Waals surface area contributed by atoms with E-state index < -0.39 is 0 Å². The number of ketones is 1. The summed E-state index contributed by atoms with van der Waals surface area (Å²) < 4.78 is 0. The lowest BCUT2D eigenvalue weighted by atomic mass is 9.94. The summed E-state index contributed by atoms with van der Waals surface area (Å²) in [4.78, 5) is 20.3. The van der Waals surface area contributed by atoms with Gasteiger partial charge in [0.15, 0.2) is 5.78 Å². The number of carbonyl (C=O) groups is 1. The first-order valence-electron chi connectivity index (χ1n) is 5.78. The van der Waals surface area contributed by atoms with Gasteiger partial charge in [-0.25, -0.2) is 0 Å². The molecule has 0 aromatic carbocycles. The molecule has 1 aliphatic carbocycles. The second-order valence-electron chi connectivity index (χ2n) is 4.21. The molecule has 84 valence electrons. The van der Waals surface area contributed by atoms with Gasteiger partial charge in [0, 0.05) is 29.9 Å². The quantitative estimate of drug-likeness (QED) is 0.747. The van der Waals surface area contributed by atoms with Crippen molar-refractivity contribution in [3.63, 3.8) is 0 Å². The Kier molecular flexibility index (Phi) is 2.44. The van der Waals surface area contributed by atoms with Crippen LogP contribution in [0.3, 0.4) is 0 Å². The Bertz CT molecular complexity index is 564. The molecule has 3 nitrogen and oxygen atoms in total. The molecule has 17 heavy (non-hydrogen) atoms. The Morgan fingerprint density at radius 2 is 2.06 bits per heavy atom. The van der Waals surface area contributed by atoms with Gasteiger partial charge in [-0.2, -0.15) is 0 Å². The first-order chi connectivity index (χ1) is 8.34. The zero-order valence-corrected chi connectivity index (χ0v) is 9.39. The van der Waals surface area contributed by atoms with Crippen LogP contribution in [0, 0.1) is 0 Å². The summed E-state index contributed by atoms with van der Waals surface area (Å²) in [5, 5.41) is 0. The molecule has 3 heteroatoms. The molecule has 0 bridgehead atoms. The molecule has 0 saturated carbocycles. The Labute approximate surface area is 99.5 Å². The molecule has 2 aromatic rings. The van der Waals surface area contributed by atoms with Crippen LogP contribution >= 0.6 is 0 Å². The van der Waals surface area contributed by atoms with Crippen molar-refractivity contribution < 1.29 is 4.79 Å². The topological polar surface area (TPSA) is 42.9 Å². The monoisotopic (exact) mass is 224 g/mol. The summed E-state index contributed by atoms with van der Waals surface area (Å²) >= 11 is 0. The van der Waals surface area contributed by atoms with E-state index in [-0.39, 0.29) is 5.78 Å². The number of hydrogen-bond acceptors (Lipinski definition) is 3. The largest absolute Gasteiger partial charge is 0.294 e. The van der Waals surface area contributed by atoms with E-state index in [4.69, 9.17) is 0 Å². The van der Waals surface area contributed by atoms with Gasteiger partial charge in [0.25, 0.3) is 0 Å². The Balaban J connectivity index is 2.07. The summed E-state index contributed by atoms with van der Waals surface area (Å²) in [5.74, 6) is 0.219. The number of nitrogens with zero attached hydrogens (tertiary/aromatic N) is 2. The highest BCUT2D eigenvalue weighted by atomic mass is 16.1. The number of carbonyl (C=O) groups excluding carboxylic acids is 1. The highest BCUT2D eigenvalue weighted by molar-refractivity contribution is 5.98. The third-order valence-electron chi connectivity index (χ3n) is 3.05. The normalized spacial score (nSPS) is 14.5. The highest BCUT2D eigenvalue weighted by Crippen LogP contribution is 2.23. The van der Waals surface area contributed by atoms with E-state index in [1.165, 1.54) is 0 Å². The van der Waals surface area contributed by atoms with E-state index in [1.54, 1.807) is 12.4 Å². The number of fused-ring (bicyclic) bond motifs is 1. The highest BCUT2D eigenvalue weighted by Gasteiger charge is 2.18. The molecule has 0 atom stereocenters. The smallest absolute Gasteiger partial charge is 0.164 e. The lowest BCUT2D eigenvalue weighted by Crippen LogP contribution is -2.12. The van der Waals surface area contributed by atoms with Crippen molar-refractivity contribution in [3.05, 3.63) is 47.9 Å². The number of aromatic nitrogens is 2. The molecule has 0 radical (unpaired) electrons. The van der Waals surface area contributed by atoms with E-state index in [0.29, 0.717) is 6.42 Å². The first kappa shape index (κ1) is 10.1. The van der Waals surface area contributed by atoms with Crippen molar-refractivity contribution in [2.75, 3.05) is 0 Å². The van der Waals surface area contributed by atoms with Crippen LogP contribution in [0.2, 0.25) is 0 Å². The molecule has 2 heterocycles. The minimum absolute atomic E-state index is 0.219. The van der Waals surface area contributed by atoms with Crippen LogP contribution in [0.5, 0.6) is 0 Å². The summed E-state index contributed by atoms with van der Waals surface area (Å²) in [7, 11) is 0. The average Bonchev–Trinajstić information content (AvgIpc) is 2.40.